The van der Waals surface area contributed by atoms with Crippen LogP contribution in [0.15, 0.2) is 58.5 Å². The third-order valence-corrected chi connectivity index (χ3v) is 7.15. The van der Waals surface area contributed by atoms with Crippen molar-refractivity contribution >= 4 is 28.6 Å². The van der Waals surface area contributed by atoms with Crippen molar-refractivity contribution in [1.82, 2.24) is 14.9 Å². The molecule has 162 valence electrons. The van der Waals surface area contributed by atoms with Gasteiger partial charge in [-0.3, -0.25) is 14.2 Å². The largest absolute Gasteiger partial charge is 0.352 e. The summed E-state index contributed by atoms with van der Waals surface area (Å²) in [5.41, 5.74) is 0.848. The quantitative estimate of drug-likeness (QED) is 0.468. The molecule has 0 aliphatic heterocycles. The number of amides is 1. The molecular weight excluding hydrogens is 413 g/mol. The first-order chi connectivity index (χ1) is 14.9. The average Bonchev–Trinajstić information content (AvgIpc) is 2.76. The monoisotopic (exact) mass is 439 g/mol. The Morgan fingerprint density at radius 3 is 2.68 bits per heavy atom. The molecule has 31 heavy (non-hydrogen) atoms. The van der Waals surface area contributed by atoms with E-state index < -0.39 is 0 Å². The molecule has 0 spiro atoms. The second-order valence-corrected chi connectivity index (χ2v) is 9.20. The van der Waals surface area contributed by atoms with Gasteiger partial charge in [0, 0.05) is 6.04 Å². The van der Waals surface area contributed by atoms with Crippen molar-refractivity contribution in [1.29, 1.82) is 0 Å². The first kappa shape index (κ1) is 21.6. The van der Waals surface area contributed by atoms with Crippen LogP contribution in [0, 0.1) is 17.7 Å². The van der Waals surface area contributed by atoms with E-state index in [9.17, 15) is 14.0 Å². The molecule has 1 heterocycles. The molecule has 1 amide bonds. The van der Waals surface area contributed by atoms with Crippen molar-refractivity contribution in [2.24, 2.45) is 11.8 Å². The Morgan fingerprint density at radius 1 is 1.16 bits per heavy atom. The maximum absolute atomic E-state index is 13.4. The van der Waals surface area contributed by atoms with Crippen LogP contribution in [0.25, 0.3) is 16.6 Å². The molecule has 5 nitrogen and oxygen atoms in total. The van der Waals surface area contributed by atoms with Gasteiger partial charge < -0.3 is 5.32 Å². The Kier molecular flexibility index (Phi) is 6.41. The molecule has 4 rings (SSSR count). The molecule has 3 aromatic rings. The fraction of sp³-hybridized carbons (Fsp3) is 0.375. The van der Waals surface area contributed by atoms with Crippen molar-refractivity contribution in [3.05, 3.63) is 64.7 Å². The minimum Gasteiger partial charge on any atom is -0.352 e. The second-order valence-electron chi connectivity index (χ2n) is 8.26. The SMILES string of the molecule is C[C@@H]1[C@H](C)CCC[C@@H]1NC(=O)CSc1nc2ccccc2c(=O)n1-c1ccc(F)cc1. The van der Waals surface area contributed by atoms with Crippen LogP contribution in [-0.2, 0) is 4.79 Å². The van der Waals surface area contributed by atoms with Gasteiger partial charge in [0.25, 0.3) is 5.56 Å². The molecule has 0 bridgehead atoms. The fourth-order valence-electron chi connectivity index (χ4n) is 4.19. The van der Waals surface area contributed by atoms with E-state index in [0.717, 1.165) is 12.8 Å². The zero-order chi connectivity index (χ0) is 22.0. The van der Waals surface area contributed by atoms with E-state index in [2.05, 4.69) is 24.1 Å². The first-order valence-electron chi connectivity index (χ1n) is 10.6. The smallest absolute Gasteiger partial charge is 0.266 e. The van der Waals surface area contributed by atoms with Gasteiger partial charge in [-0.15, -0.1) is 0 Å². The van der Waals surface area contributed by atoms with Crippen LogP contribution in [0.1, 0.15) is 33.1 Å². The molecule has 0 radical (unpaired) electrons. The van der Waals surface area contributed by atoms with E-state index in [1.54, 1.807) is 30.3 Å². The van der Waals surface area contributed by atoms with E-state index in [-0.39, 0.29) is 29.1 Å². The summed E-state index contributed by atoms with van der Waals surface area (Å²) in [7, 11) is 0. The maximum Gasteiger partial charge on any atom is 0.266 e. The molecule has 1 N–H and O–H groups in total. The van der Waals surface area contributed by atoms with Gasteiger partial charge >= 0.3 is 0 Å². The highest BCUT2D eigenvalue weighted by atomic mass is 32.2. The van der Waals surface area contributed by atoms with Gasteiger partial charge in [-0.25, -0.2) is 9.37 Å². The summed E-state index contributed by atoms with van der Waals surface area (Å²) in [5.74, 6) is 0.749. The highest BCUT2D eigenvalue weighted by Crippen LogP contribution is 2.29. The molecule has 0 saturated heterocycles. The predicted octanol–water partition coefficient (Wildman–Crippen LogP) is 4.56. The molecule has 1 aliphatic carbocycles. The Morgan fingerprint density at radius 2 is 1.90 bits per heavy atom. The number of carbonyl (C=O) groups is 1. The molecular formula is C24H26FN3O2S. The fourth-order valence-corrected chi connectivity index (χ4v) is 5.02. The molecule has 1 fully saturated rings. The highest BCUT2D eigenvalue weighted by molar-refractivity contribution is 7.99. The lowest BCUT2D eigenvalue weighted by atomic mass is 9.78. The van der Waals surface area contributed by atoms with Gasteiger partial charge in [0.05, 0.1) is 22.3 Å². The minimum absolute atomic E-state index is 0.0657. The molecule has 2 aromatic carbocycles. The zero-order valence-corrected chi connectivity index (χ0v) is 18.5. The number of thioether (sulfide) groups is 1. The van der Waals surface area contributed by atoms with Gasteiger partial charge in [0.15, 0.2) is 5.16 Å². The first-order valence-corrected chi connectivity index (χ1v) is 11.6. The number of hydrogen-bond acceptors (Lipinski definition) is 4. The molecule has 1 aromatic heterocycles. The summed E-state index contributed by atoms with van der Waals surface area (Å²) >= 11 is 1.22. The van der Waals surface area contributed by atoms with Gasteiger partial charge in [0.2, 0.25) is 5.91 Å². The summed E-state index contributed by atoms with van der Waals surface area (Å²) in [4.78, 5) is 30.5. The van der Waals surface area contributed by atoms with E-state index >= 15 is 0 Å². The summed E-state index contributed by atoms with van der Waals surface area (Å²) in [6, 6.07) is 13.0. The topological polar surface area (TPSA) is 64.0 Å². The van der Waals surface area contributed by atoms with E-state index in [0.29, 0.717) is 33.6 Å². The summed E-state index contributed by atoms with van der Waals surface area (Å²) in [5, 5.41) is 4.05. The lowest BCUT2D eigenvalue weighted by Gasteiger charge is -2.34. The van der Waals surface area contributed by atoms with Crippen LogP contribution >= 0.6 is 11.8 Å². The third kappa shape index (κ3) is 4.66. The molecule has 3 atom stereocenters. The number of halogens is 1. The van der Waals surface area contributed by atoms with Crippen LogP contribution in [0.5, 0.6) is 0 Å². The van der Waals surface area contributed by atoms with Gasteiger partial charge in [-0.05, 0) is 54.7 Å². The van der Waals surface area contributed by atoms with Gasteiger partial charge in [0.1, 0.15) is 5.82 Å². The maximum atomic E-state index is 13.4. The van der Waals surface area contributed by atoms with E-state index in [1.165, 1.54) is 34.9 Å². The van der Waals surface area contributed by atoms with Crippen LogP contribution in [0.2, 0.25) is 0 Å². The van der Waals surface area contributed by atoms with Crippen molar-refractivity contribution < 1.29 is 9.18 Å². The normalized spacial score (nSPS) is 21.2. The van der Waals surface area contributed by atoms with Crippen molar-refractivity contribution in [3.8, 4) is 5.69 Å². The molecule has 0 unspecified atom stereocenters. The van der Waals surface area contributed by atoms with Gasteiger partial charge in [-0.2, -0.15) is 0 Å². The second kappa shape index (κ2) is 9.22. The lowest BCUT2D eigenvalue weighted by Crippen LogP contribution is -2.44. The summed E-state index contributed by atoms with van der Waals surface area (Å²) in [6.07, 6.45) is 3.32. The van der Waals surface area contributed by atoms with Crippen LogP contribution in [-0.4, -0.2) is 27.3 Å². The predicted molar refractivity (Wildman–Crippen MR) is 122 cm³/mol. The number of carbonyl (C=O) groups excluding carboxylic acids is 1. The van der Waals surface area contributed by atoms with Crippen molar-refractivity contribution in [2.75, 3.05) is 5.75 Å². The number of para-hydroxylation sites is 1. The summed E-state index contributed by atoms with van der Waals surface area (Å²) < 4.78 is 14.9. The van der Waals surface area contributed by atoms with Crippen molar-refractivity contribution in [3.63, 3.8) is 0 Å². The molecule has 7 heteroatoms. The summed E-state index contributed by atoms with van der Waals surface area (Å²) in [6.45, 7) is 4.43. The average molecular weight is 440 g/mol. The van der Waals surface area contributed by atoms with Crippen LogP contribution in [0.4, 0.5) is 4.39 Å². The third-order valence-electron chi connectivity index (χ3n) is 6.22. The van der Waals surface area contributed by atoms with E-state index in [1.807, 2.05) is 6.07 Å². The highest BCUT2D eigenvalue weighted by Gasteiger charge is 2.28. The number of fused-ring (bicyclic) bond motifs is 1. The van der Waals surface area contributed by atoms with Crippen LogP contribution < -0.4 is 10.9 Å². The standard InChI is InChI=1S/C24H26FN3O2S/c1-15-6-5-9-20(16(15)2)26-22(29)14-31-24-27-21-8-4-3-7-19(21)23(30)28(24)18-12-10-17(25)11-13-18/h3-4,7-8,10-13,15-16,20H,5-6,9,14H2,1-2H3,(H,26,29)/t15-,16-,20+/m1/s1. The number of benzene rings is 2. The Balaban J connectivity index is 1.60. The number of aromatic nitrogens is 2. The number of hydrogen-bond donors (Lipinski definition) is 1. The Bertz CT molecular complexity index is 1150. The van der Waals surface area contributed by atoms with Crippen LogP contribution in [0.3, 0.4) is 0 Å². The number of rotatable bonds is 5. The Hall–Kier alpha value is -2.67. The van der Waals surface area contributed by atoms with Crippen molar-refractivity contribution in [2.45, 2.75) is 44.3 Å². The molecule has 1 aliphatic rings. The minimum atomic E-state index is -0.380. The Labute approximate surface area is 185 Å². The number of nitrogens with zero attached hydrogens (tertiary/aromatic N) is 2. The lowest BCUT2D eigenvalue weighted by molar-refractivity contribution is -0.120. The van der Waals surface area contributed by atoms with E-state index in [4.69, 9.17) is 0 Å². The molecule has 1 saturated carbocycles. The zero-order valence-electron chi connectivity index (χ0n) is 17.7. The number of nitrogens with one attached hydrogen (secondary N) is 1. The van der Waals surface area contributed by atoms with Gasteiger partial charge in [-0.1, -0.05) is 50.6 Å².